The van der Waals surface area contributed by atoms with Gasteiger partial charge in [0.2, 0.25) is 0 Å². The third-order valence-corrected chi connectivity index (χ3v) is 15.4. The Morgan fingerprint density at radius 1 is 0.667 bits per heavy atom. The second-order valence-electron chi connectivity index (χ2n) is 16.6. The Bertz CT molecular complexity index is 2090. The van der Waals surface area contributed by atoms with Gasteiger partial charge >= 0.3 is 0 Å². The molecule has 2 aromatic heterocycles. The Morgan fingerprint density at radius 2 is 1.47 bits per heavy atom. The van der Waals surface area contributed by atoms with Gasteiger partial charge in [0.05, 0.1) is 6.04 Å². The molecule has 3 aromatic rings. The fourth-order valence-corrected chi connectivity index (χ4v) is 13.4. The zero-order valence-corrected chi connectivity index (χ0v) is 30.7. The molecule has 11 rings (SSSR count). The summed E-state index contributed by atoms with van der Waals surface area (Å²) in [6.07, 6.45) is 46.1. The molecule has 3 heteroatoms. The van der Waals surface area contributed by atoms with Crippen molar-refractivity contribution in [2.75, 3.05) is 0 Å². The lowest BCUT2D eigenvalue weighted by atomic mass is 9.62. The van der Waals surface area contributed by atoms with Gasteiger partial charge in [-0.05, 0) is 165 Å². The van der Waals surface area contributed by atoms with Crippen molar-refractivity contribution in [3.05, 3.63) is 140 Å². The molecule has 51 heavy (non-hydrogen) atoms. The Balaban J connectivity index is 0.903. The smallest absolute Gasteiger partial charge is 0.0518 e. The van der Waals surface area contributed by atoms with Crippen LogP contribution in [0.4, 0.5) is 0 Å². The monoisotopic (exact) mass is 686 g/mol. The first-order valence-corrected chi connectivity index (χ1v) is 21.1. The second-order valence-corrected chi connectivity index (χ2v) is 17.7. The molecule has 7 atom stereocenters. The average Bonchev–Trinajstić information content (AvgIpc) is 3.85. The van der Waals surface area contributed by atoms with Crippen molar-refractivity contribution >= 4 is 29.6 Å². The number of nitrogens with zero attached hydrogens (tertiary/aromatic N) is 2. The molecule has 7 unspecified atom stereocenters. The Labute approximate surface area is 308 Å². The molecule has 0 spiro atoms. The van der Waals surface area contributed by atoms with Crippen LogP contribution in [0.1, 0.15) is 107 Å². The van der Waals surface area contributed by atoms with E-state index in [0.717, 1.165) is 5.92 Å². The summed E-state index contributed by atoms with van der Waals surface area (Å²) in [5, 5.41) is 0. The van der Waals surface area contributed by atoms with Gasteiger partial charge in [-0.1, -0.05) is 72.9 Å². The second kappa shape index (κ2) is 12.4. The lowest BCUT2D eigenvalue weighted by molar-refractivity contribution is 0.106. The van der Waals surface area contributed by atoms with Crippen molar-refractivity contribution in [3.63, 3.8) is 0 Å². The van der Waals surface area contributed by atoms with Crippen LogP contribution in [0.25, 0.3) is 23.9 Å². The van der Waals surface area contributed by atoms with Crippen LogP contribution in [0.2, 0.25) is 0 Å². The minimum Gasteiger partial charge on any atom is -0.364 e. The van der Waals surface area contributed by atoms with Crippen LogP contribution in [0, 0.1) is 23.7 Å². The number of hydrogen-bond acceptors (Lipinski definition) is 2. The molecular formula is C48H50N2S. The molecule has 0 saturated heterocycles. The summed E-state index contributed by atoms with van der Waals surface area (Å²) in [7, 11) is 0. The maximum atomic E-state index is 2.98. The van der Waals surface area contributed by atoms with Gasteiger partial charge in [0, 0.05) is 44.5 Å². The van der Waals surface area contributed by atoms with Gasteiger partial charge < -0.3 is 9.47 Å². The van der Waals surface area contributed by atoms with Crippen LogP contribution >= 0.6 is 11.3 Å². The SMILES string of the molecule is C1=CC(C2CCC3C(C2)C2=C(CCC=C2)N3C2C=Cc3sc4c(c3C2)CCC=C4)C(C2CCCc3c2c2c(n3-c3ccccc3)C=CCC2)C=C1. The van der Waals surface area contributed by atoms with Gasteiger partial charge in [-0.15, -0.1) is 11.3 Å². The van der Waals surface area contributed by atoms with Gasteiger partial charge in [0.1, 0.15) is 0 Å². The zero-order chi connectivity index (χ0) is 33.5. The molecular weight excluding hydrogens is 637 g/mol. The molecule has 2 nitrogen and oxygen atoms in total. The highest BCUT2D eigenvalue weighted by Crippen LogP contribution is 2.55. The number of hydrogen-bond donors (Lipinski definition) is 0. The Kier molecular flexibility index (Phi) is 7.48. The van der Waals surface area contributed by atoms with E-state index in [9.17, 15) is 0 Å². The van der Waals surface area contributed by atoms with Crippen LogP contribution in [-0.4, -0.2) is 21.6 Å². The van der Waals surface area contributed by atoms with Crippen molar-refractivity contribution in [3.8, 4) is 5.69 Å². The quantitative estimate of drug-likeness (QED) is 0.265. The molecule has 0 radical (unpaired) electrons. The van der Waals surface area contributed by atoms with E-state index in [1.165, 1.54) is 105 Å². The van der Waals surface area contributed by atoms with Gasteiger partial charge in [-0.3, -0.25) is 0 Å². The molecule has 258 valence electrons. The van der Waals surface area contributed by atoms with Gasteiger partial charge in [0.25, 0.3) is 0 Å². The minimum atomic E-state index is 0.505. The third-order valence-electron chi connectivity index (χ3n) is 14.2. The first-order chi connectivity index (χ1) is 25.3. The minimum absolute atomic E-state index is 0.505. The summed E-state index contributed by atoms with van der Waals surface area (Å²) in [6, 6.07) is 12.4. The molecule has 3 heterocycles. The van der Waals surface area contributed by atoms with E-state index in [2.05, 4.69) is 113 Å². The zero-order valence-electron chi connectivity index (χ0n) is 29.9. The van der Waals surface area contributed by atoms with E-state index in [1.807, 2.05) is 11.3 Å². The first-order valence-electron chi connectivity index (χ1n) is 20.3. The van der Waals surface area contributed by atoms with E-state index in [1.54, 1.807) is 39.2 Å². The molecule has 0 amide bonds. The fourth-order valence-electron chi connectivity index (χ4n) is 12.2. The molecule has 0 N–H and O–H groups in total. The lowest BCUT2D eigenvalue weighted by Gasteiger charge is -2.46. The summed E-state index contributed by atoms with van der Waals surface area (Å²) in [5.41, 5.74) is 14.5. The molecule has 7 aliphatic carbocycles. The summed E-state index contributed by atoms with van der Waals surface area (Å²) in [6.45, 7) is 0. The van der Waals surface area contributed by atoms with Gasteiger partial charge in [0.15, 0.2) is 0 Å². The lowest BCUT2D eigenvalue weighted by Crippen LogP contribution is -2.46. The number of aromatic nitrogens is 1. The van der Waals surface area contributed by atoms with Crippen molar-refractivity contribution in [2.45, 2.75) is 101 Å². The number of fused-ring (bicyclic) bond motifs is 8. The topological polar surface area (TPSA) is 8.17 Å². The van der Waals surface area contributed by atoms with Crippen LogP contribution in [0.3, 0.4) is 0 Å². The largest absolute Gasteiger partial charge is 0.364 e. The van der Waals surface area contributed by atoms with E-state index in [0.29, 0.717) is 35.8 Å². The van der Waals surface area contributed by atoms with E-state index >= 15 is 0 Å². The Hall–Kier alpha value is -3.82. The standard InChI is InChI=1S/C48H50N2S/c1-2-13-32(14-3-1)49-43-22-10-7-19-39(43)48-38(20-12-23-45(48)49)35-16-5-4-15-34(35)31-25-27-44-40(29-31)36-17-6-9-21-42(36)50(44)33-26-28-47-41(30-33)37-18-8-11-24-46(37)51-47/h1-6,10-11,13-17,22,24,26,28,31,33-35,38,40,44H,7-9,12,18-21,23,25,27,29-30H2. The van der Waals surface area contributed by atoms with Crippen LogP contribution in [0.15, 0.2) is 96.3 Å². The first kappa shape index (κ1) is 30.8. The van der Waals surface area contributed by atoms with Crippen molar-refractivity contribution in [1.29, 1.82) is 0 Å². The number of rotatable bonds is 4. The molecule has 1 saturated carbocycles. The van der Waals surface area contributed by atoms with E-state index < -0.39 is 0 Å². The van der Waals surface area contributed by atoms with Crippen LogP contribution < -0.4 is 0 Å². The van der Waals surface area contributed by atoms with Crippen LogP contribution in [-0.2, 0) is 25.7 Å². The number of thiophene rings is 1. The molecule has 1 aliphatic heterocycles. The third kappa shape index (κ3) is 4.86. The summed E-state index contributed by atoms with van der Waals surface area (Å²) < 4.78 is 2.65. The van der Waals surface area contributed by atoms with Crippen LogP contribution in [0.5, 0.6) is 0 Å². The van der Waals surface area contributed by atoms with Gasteiger partial charge in [-0.25, -0.2) is 0 Å². The molecule has 0 bridgehead atoms. The normalized spacial score (nSPS) is 31.3. The van der Waals surface area contributed by atoms with Crippen molar-refractivity contribution < 1.29 is 0 Å². The molecule has 1 aromatic carbocycles. The maximum Gasteiger partial charge on any atom is 0.0518 e. The van der Waals surface area contributed by atoms with E-state index in [4.69, 9.17) is 0 Å². The maximum absolute atomic E-state index is 2.98. The number of benzene rings is 1. The molecule has 8 aliphatic rings. The van der Waals surface area contributed by atoms with E-state index in [-0.39, 0.29) is 0 Å². The number of para-hydroxylation sites is 1. The Morgan fingerprint density at radius 3 is 2.39 bits per heavy atom. The fraction of sp³-hybridized carbons (Fsp3) is 0.417. The highest BCUT2D eigenvalue weighted by atomic mass is 32.1. The summed E-state index contributed by atoms with van der Waals surface area (Å²) >= 11 is 2.03. The summed E-state index contributed by atoms with van der Waals surface area (Å²) in [5.74, 6) is 3.23. The summed E-state index contributed by atoms with van der Waals surface area (Å²) in [4.78, 5) is 6.04. The number of allylic oxidation sites excluding steroid dienone is 9. The van der Waals surface area contributed by atoms with Crippen molar-refractivity contribution in [2.24, 2.45) is 23.7 Å². The molecule has 1 fully saturated rings. The highest BCUT2D eigenvalue weighted by Gasteiger charge is 2.48. The van der Waals surface area contributed by atoms with Gasteiger partial charge in [-0.2, -0.15) is 0 Å². The highest BCUT2D eigenvalue weighted by molar-refractivity contribution is 7.14. The average molecular weight is 687 g/mol. The predicted octanol–water partition coefficient (Wildman–Crippen LogP) is 11.6. The van der Waals surface area contributed by atoms with Crippen molar-refractivity contribution in [1.82, 2.24) is 9.47 Å². The predicted molar refractivity (Wildman–Crippen MR) is 214 cm³/mol.